The molecule has 1 heterocycles. The van der Waals surface area contributed by atoms with Crippen molar-refractivity contribution in [1.82, 2.24) is 9.55 Å². The lowest BCUT2D eigenvalue weighted by atomic mass is 10.3. The zero-order chi connectivity index (χ0) is 10.1. The van der Waals surface area contributed by atoms with Crippen LogP contribution >= 0.6 is 11.8 Å². The first-order chi connectivity index (χ1) is 6.74. The van der Waals surface area contributed by atoms with Crippen LogP contribution in [0.3, 0.4) is 0 Å². The molecule has 0 aliphatic rings. The molecular weight excluding hydrogens is 206 g/mol. The second-order valence-corrected chi connectivity index (χ2v) is 3.51. The van der Waals surface area contributed by atoms with E-state index in [2.05, 4.69) is 4.98 Å². The van der Waals surface area contributed by atoms with Gasteiger partial charge in [-0.15, -0.1) is 0 Å². The maximum absolute atomic E-state index is 12.7. The zero-order valence-electron chi connectivity index (χ0n) is 7.45. The van der Waals surface area contributed by atoms with Crippen molar-refractivity contribution in [3.05, 3.63) is 24.3 Å². The summed E-state index contributed by atoms with van der Waals surface area (Å²) >= 11 is 1.22. The molecule has 0 bridgehead atoms. The van der Waals surface area contributed by atoms with Crippen LogP contribution in [0, 0.1) is 0 Å². The fourth-order valence-corrected chi connectivity index (χ4v) is 1.92. The van der Waals surface area contributed by atoms with Gasteiger partial charge in [0.1, 0.15) is 0 Å². The van der Waals surface area contributed by atoms with Crippen LogP contribution in [0.1, 0.15) is 6.55 Å². The molecule has 0 saturated heterocycles. The number of para-hydroxylation sites is 2. The van der Waals surface area contributed by atoms with E-state index in [1.807, 2.05) is 0 Å². The molecular formula is C9H8F2N2S. The highest BCUT2D eigenvalue weighted by Gasteiger charge is 2.16. The van der Waals surface area contributed by atoms with Crippen molar-refractivity contribution in [2.45, 2.75) is 11.7 Å². The minimum absolute atomic E-state index is 0.348. The van der Waals surface area contributed by atoms with Crippen LogP contribution < -0.4 is 0 Å². The van der Waals surface area contributed by atoms with Gasteiger partial charge in [-0.05, 0) is 18.4 Å². The van der Waals surface area contributed by atoms with Crippen molar-refractivity contribution < 1.29 is 8.78 Å². The number of benzene rings is 1. The number of alkyl halides is 2. The number of imidazole rings is 1. The summed E-state index contributed by atoms with van der Waals surface area (Å²) in [5.41, 5.74) is 1.09. The van der Waals surface area contributed by atoms with Gasteiger partial charge in [0.25, 0.3) is 0 Å². The Kier molecular flexibility index (Phi) is 2.41. The predicted molar refractivity (Wildman–Crippen MR) is 52.8 cm³/mol. The highest BCUT2D eigenvalue weighted by atomic mass is 32.2. The van der Waals surface area contributed by atoms with Crippen molar-refractivity contribution in [2.24, 2.45) is 0 Å². The van der Waals surface area contributed by atoms with Gasteiger partial charge in [-0.25, -0.2) is 4.98 Å². The first-order valence-electron chi connectivity index (χ1n) is 4.03. The van der Waals surface area contributed by atoms with E-state index in [0.29, 0.717) is 16.2 Å². The lowest BCUT2D eigenvalue weighted by molar-refractivity contribution is 0.0656. The molecule has 0 amide bonds. The number of hydrogen-bond donors (Lipinski definition) is 0. The lowest BCUT2D eigenvalue weighted by Gasteiger charge is -2.04. The average Bonchev–Trinajstić information content (AvgIpc) is 2.55. The van der Waals surface area contributed by atoms with E-state index < -0.39 is 6.55 Å². The molecule has 0 saturated carbocycles. The molecule has 0 aliphatic heterocycles. The summed E-state index contributed by atoms with van der Waals surface area (Å²) < 4.78 is 26.3. The molecule has 74 valence electrons. The van der Waals surface area contributed by atoms with E-state index in [4.69, 9.17) is 0 Å². The van der Waals surface area contributed by atoms with Crippen LogP contribution in [0.2, 0.25) is 0 Å². The molecule has 1 aromatic heterocycles. The Hall–Kier alpha value is -1.10. The van der Waals surface area contributed by atoms with Gasteiger partial charge in [-0.2, -0.15) is 8.78 Å². The molecule has 0 spiro atoms. The molecule has 0 fully saturated rings. The molecule has 14 heavy (non-hydrogen) atoms. The van der Waals surface area contributed by atoms with Crippen molar-refractivity contribution in [3.8, 4) is 0 Å². The Morgan fingerprint density at radius 2 is 2.07 bits per heavy atom. The van der Waals surface area contributed by atoms with Gasteiger partial charge in [-0.1, -0.05) is 23.9 Å². The Balaban J connectivity index is 2.74. The summed E-state index contributed by atoms with van der Waals surface area (Å²) in [4.78, 5) is 4.10. The van der Waals surface area contributed by atoms with Crippen LogP contribution in [-0.2, 0) is 0 Å². The maximum Gasteiger partial charge on any atom is 0.321 e. The van der Waals surface area contributed by atoms with Crippen molar-refractivity contribution >= 4 is 22.8 Å². The van der Waals surface area contributed by atoms with Gasteiger partial charge < -0.3 is 0 Å². The smallest absolute Gasteiger partial charge is 0.261 e. The lowest BCUT2D eigenvalue weighted by Crippen LogP contribution is -1.99. The Bertz CT molecular complexity index is 453. The summed E-state index contributed by atoms with van der Waals surface area (Å²) in [5.74, 6) is 0. The summed E-state index contributed by atoms with van der Waals surface area (Å²) in [7, 11) is 0. The summed E-state index contributed by atoms with van der Waals surface area (Å²) in [6.07, 6.45) is 1.74. The Labute approximate surface area is 83.9 Å². The molecule has 0 N–H and O–H groups in total. The van der Waals surface area contributed by atoms with E-state index in [1.54, 1.807) is 30.5 Å². The number of thioether (sulfide) groups is 1. The van der Waals surface area contributed by atoms with E-state index in [0.717, 1.165) is 4.57 Å². The molecule has 0 radical (unpaired) electrons. The van der Waals surface area contributed by atoms with Crippen molar-refractivity contribution in [3.63, 3.8) is 0 Å². The van der Waals surface area contributed by atoms with Gasteiger partial charge in [-0.3, -0.25) is 4.57 Å². The van der Waals surface area contributed by atoms with Gasteiger partial charge >= 0.3 is 6.55 Å². The second kappa shape index (κ2) is 3.57. The standard InChI is InChI=1S/C9H8F2N2S/c1-14-9-12-6-4-2-3-5-7(6)13(9)8(10)11/h2-5,8H,1H3. The summed E-state index contributed by atoms with van der Waals surface area (Å²) in [6, 6.07) is 6.89. The molecule has 2 nitrogen and oxygen atoms in total. The first-order valence-corrected chi connectivity index (χ1v) is 5.25. The molecule has 0 unspecified atom stereocenters. The van der Waals surface area contributed by atoms with Crippen LogP contribution in [-0.4, -0.2) is 15.8 Å². The Morgan fingerprint density at radius 3 is 2.71 bits per heavy atom. The monoisotopic (exact) mass is 214 g/mol. The number of halogens is 2. The van der Waals surface area contributed by atoms with Gasteiger partial charge in [0.15, 0.2) is 5.16 Å². The van der Waals surface area contributed by atoms with Crippen LogP contribution in [0.15, 0.2) is 29.4 Å². The van der Waals surface area contributed by atoms with E-state index in [-0.39, 0.29) is 0 Å². The number of hydrogen-bond acceptors (Lipinski definition) is 2. The summed E-state index contributed by atoms with van der Waals surface area (Å²) in [6.45, 7) is -2.54. The van der Waals surface area contributed by atoms with Crippen LogP contribution in [0.25, 0.3) is 11.0 Å². The van der Waals surface area contributed by atoms with E-state index in [1.165, 1.54) is 11.8 Å². The highest BCUT2D eigenvalue weighted by molar-refractivity contribution is 7.98. The molecule has 0 aliphatic carbocycles. The quantitative estimate of drug-likeness (QED) is 0.715. The average molecular weight is 214 g/mol. The molecule has 1 aromatic carbocycles. The molecule has 5 heteroatoms. The van der Waals surface area contributed by atoms with Crippen LogP contribution in [0.4, 0.5) is 8.78 Å². The number of rotatable bonds is 2. The normalized spacial score (nSPS) is 11.4. The van der Waals surface area contributed by atoms with E-state index >= 15 is 0 Å². The zero-order valence-corrected chi connectivity index (χ0v) is 8.26. The fourth-order valence-electron chi connectivity index (χ4n) is 1.35. The minimum atomic E-state index is -2.54. The first kappa shape index (κ1) is 9.45. The Morgan fingerprint density at radius 1 is 1.36 bits per heavy atom. The molecule has 2 aromatic rings. The fraction of sp³-hybridized carbons (Fsp3) is 0.222. The third-order valence-electron chi connectivity index (χ3n) is 1.94. The minimum Gasteiger partial charge on any atom is -0.261 e. The molecule has 0 atom stereocenters. The third-order valence-corrected chi connectivity index (χ3v) is 2.59. The number of nitrogens with zero attached hydrogens (tertiary/aromatic N) is 2. The SMILES string of the molecule is CSc1nc2ccccc2n1C(F)F. The summed E-state index contributed by atoms with van der Waals surface area (Å²) in [5, 5.41) is 0.348. The van der Waals surface area contributed by atoms with Gasteiger partial charge in [0, 0.05) is 0 Å². The van der Waals surface area contributed by atoms with Crippen molar-refractivity contribution in [1.29, 1.82) is 0 Å². The highest BCUT2D eigenvalue weighted by Crippen LogP contribution is 2.27. The van der Waals surface area contributed by atoms with Crippen LogP contribution in [0.5, 0.6) is 0 Å². The van der Waals surface area contributed by atoms with Gasteiger partial charge in [0.05, 0.1) is 11.0 Å². The number of aromatic nitrogens is 2. The predicted octanol–water partition coefficient (Wildman–Crippen LogP) is 3.15. The second-order valence-electron chi connectivity index (χ2n) is 2.73. The van der Waals surface area contributed by atoms with E-state index in [9.17, 15) is 8.78 Å². The molecule has 2 rings (SSSR count). The third kappa shape index (κ3) is 1.37. The van der Waals surface area contributed by atoms with Gasteiger partial charge in [0.2, 0.25) is 0 Å². The maximum atomic E-state index is 12.7. The van der Waals surface area contributed by atoms with Crippen molar-refractivity contribution in [2.75, 3.05) is 6.26 Å². The largest absolute Gasteiger partial charge is 0.321 e. The topological polar surface area (TPSA) is 17.8 Å². The number of fused-ring (bicyclic) bond motifs is 1.